The molecule has 0 unspecified atom stereocenters. The van der Waals surface area contributed by atoms with Gasteiger partial charge >= 0.3 is 0 Å². The number of benzene rings is 2. The van der Waals surface area contributed by atoms with Gasteiger partial charge < -0.3 is 0 Å². The molecule has 0 aliphatic carbocycles. The largest absolute Gasteiger partial charge is 0.299 e. The van der Waals surface area contributed by atoms with Crippen molar-refractivity contribution in [3.05, 3.63) is 60.2 Å². The Balaban J connectivity index is 1.46. The third-order valence-corrected chi connectivity index (χ3v) is 6.02. The van der Waals surface area contributed by atoms with Crippen LogP contribution in [-0.2, 0) is 11.2 Å². The summed E-state index contributed by atoms with van der Waals surface area (Å²) in [4.78, 5) is 12.3. The number of Topliss-reactive ketones (excluding diaryl/α,β-unsaturated/α-hetero) is 1. The first-order chi connectivity index (χ1) is 14.8. The molecule has 0 aliphatic heterocycles. The fourth-order valence-electron chi connectivity index (χ4n) is 4.10. The molecular weight excluding hydrogens is 364 g/mol. The molecule has 0 amide bonds. The van der Waals surface area contributed by atoms with E-state index in [1.54, 1.807) is 0 Å². The van der Waals surface area contributed by atoms with Gasteiger partial charge in [0.15, 0.2) is 0 Å². The second-order valence-electron chi connectivity index (χ2n) is 8.77. The van der Waals surface area contributed by atoms with Crippen LogP contribution in [0.15, 0.2) is 54.6 Å². The van der Waals surface area contributed by atoms with E-state index >= 15 is 0 Å². The van der Waals surface area contributed by atoms with Gasteiger partial charge in [0, 0.05) is 12.8 Å². The molecule has 0 saturated heterocycles. The van der Waals surface area contributed by atoms with Gasteiger partial charge in [-0.3, -0.25) is 4.79 Å². The Morgan fingerprint density at radius 3 is 1.57 bits per heavy atom. The monoisotopic (exact) mass is 406 g/mol. The molecule has 0 saturated carbocycles. The molecule has 164 valence electrons. The van der Waals surface area contributed by atoms with Crippen LogP contribution in [0.4, 0.5) is 0 Å². The highest BCUT2D eigenvalue weighted by atomic mass is 16.1. The predicted octanol–water partition coefficient (Wildman–Crippen LogP) is 8.95. The van der Waals surface area contributed by atoms with Gasteiger partial charge in [0.1, 0.15) is 5.78 Å². The summed E-state index contributed by atoms with van der Waals surface area (Å²) < 4.78 is 0. The first-order valence-electron chi connectivity index (χ1n) is 12.5. The van der Waals surface area contributed by atoms with E-state index in [0.29, 0.717) is 12.2 Å². The zero-order chi connectivity index (χ0) is 21.3. The minimum atomic E-state index is 0.380. The highest BCUT2D eigenvalue weighted by molar-refractivity contribution is 5.81. The zero-order valence-electron chi connectivity index (χ0n) is 19.2. The maximum atomic E-state index is 12.3. The lowest BCUT2D eigenvalue weighted by Crippen LogP contribution is -2.02. The van der Waals surface area contributed by atoms with Gasteiger partial charge in [0.2, 0.25) is 0 Å². The van der Waals surface area contributed by atoms with E-state index in [4.69, 9.17) is 0 Å². The van der Waals surface area contributed by atoms with E-state index < -0.39 is 0 Å². The van der Waals surface area contributed by atoms with Crippen LogP contribution >= 0.6 is 0 Å². The van der Waals surface area contributed by atoms with Crippen LogP contribution < -0.4 is 0 Å². The lowest BCUT2D eigenvalue weighted by atomic mass is 10.00. The predicted molar refractivity (Wildman–Crippen MR) is 131 cm³/mol. The number of ketones is 1. The van der Waals surface area contributed by atoms with Crippen molar-refractivity contribution in [2.75, 3.05) is 0 Å². The van der Waals surface area contributed by atoms with Gasteiger partial charge in [-0.2, -0.15) is 0 Å². The van der Waals surface area contributed by atoms with Crippen LogP contribution in [0.3, 0.4) is 0 Å². The van der Waals surface area contributed by atoms with E-state index in [9.17, 15) is 4.79 Å². The summed E-state index contributed by atoms with van der Waals surface area (Å²) in [5.74, 6) is 0.380. The maximum absolute atomic E-state index is 12.3. The van der Waals surface area contributed by atoms with E-state index in [1.165, 1.54) is 88.2 Å². The molecule has 1 heteroatoms. The van der Waals surface area contributed by atoms with Crippen LogP contribution in [-0.4, -0.2) is 5.78 Å². The SMILES string of the molecule is CCCCCCCCCCCCCCCC(=O)Cc1ccc(-c2ccccc2)cc1. The molecule has 0 atom stereocenters. The number of unbranched alkanes of at least 4 members (excludes halogenated alkanes) is 12. The molecule has 0 N–H and O–H groups in total. The molecule has 0 heterocycles. The standard InChI is InChI=1S/C29H42O/c1-2-3-4-5-6-7-8-9-10-11-12-13-17-20-29(30)25-26-21-23-28(24-22-26)27-18-15-14-16-19-27/h14-16,18-19,21-24H,2-13,17,20,25H2,1H3. The Hall–Kier alpha value is -1.89. The topological polar surface area (TPSA) is 17.1 Å². The molecule has 2 rings (SSSR count). The second kappa shape index (κ2) is 15.9. The highest BCUT2D eigenvalue weighted by Gasteiger charge is 2.05. The van der Waals surface area contributed by atoms with Crippen LogP contribution in [0.1, 0.15) is 102 Å². The Kier molecular flexibility index (Phi) is 12.9. The van der Waals surface area contributed by atoms with Crippen molar-refractivity contribution >= 4 is 5.78 Å². The Labute approximate surface area is 185 Å². The Morgan fingerprint density at radius 1 is 0.567 bits per heavy atom. The van der Waals surface area contributed by atoms with Crippen molar-refractivity contribution in [2.45, 2.75) is 103 Å². The molecule has 1 nitrogen and oxygen atoms in total. The van der Waals surface area contributed by atoms with Gasteiger partial charge in [-0.1, -0.05) is 139 Å². The highest BCUT2D eigenvalue weighted by Crippen LogP contribution is 2.20. The van der Waals surface area contributed by atoms with Crippen molar-refractivity contribution < 1.29 is 4.79 Å². The second-order valence-corrected chi connectivity index (χ2v) is 8.77. The van der Waals surface area contributed by atoms with Crippen LogP contribution in [0.2, 0.25) is 0 Å². The summed E-state index contributed by atoms with van der Waals surface area (Å²) in [5.41, 5.74) is 3.57. The molecule has 0 fully saturated rings. The van der Waals surface area contributed by atoms with E-state index in [1.807, 2.05) is 6.07 Å². The number of rotatable bonds is 17. The fraction of sp³-hybridized carbons (Fsp3) is 0.552. The third-order valence-electron chi connectivity index (χ3n) is 6.02. The van der Waals surface area contributed by atoms with Crippen molar-refractivity contribution in [1.29, 1.82) is 0 Å². The lowest BCUT2D eigenvalue weighted by Gasteiger charge is -2.05. The van der Waals surface area contributed by atoms with Gasteiger partial charge in [0.25, 0.3) is 0 Å². The zero-order valence-corrected chi connectivity index (χ0v) is 19.2. The number of carbonyl (C=O) groups excluding carboxylic acids is 1. The normalized spacial score (nSPS) is 11.0. The minimum Gasteiger partial charge on any atom is -0.299 e. The number of hydrogen-bond acceptors (Lipinski definition) is 1. The third kappa shape index (κ3) is 10.8. The molecule has 30 heavy (non-hydrogen) atoms. The maximum Gasteiger partial charge on any atom is 0.137 e. The van der Waals surface area contributed by atoms with Gasteiger partial charge in [-0.05, 0) is 23.1 Å². The quantitative estimate of drug-likeness (QED) is 0.240. The van der Waals surface area contributed by atoms with Crippen molar-refractivity contribution in [3.63, 3.8) is 0 Å². The Bertz CT molecular complexity index is 671. The van der Waals surface area contributed by atoms with Crippen molar-refractivity contribution in [1.82, 2.24) is 0 Å². The first-order valence-corrected chi connectivity index (χ1v) is 12.5. The van der Waals surface area contributed by atoms with Crippen LogP contribution in [0.25, 0.3) is 11.1 Å². The molecule has 2 aromatic rings. The molecule has 0 radical (unpaired) electrons. The van der Waals surface area contributed by atoms with E-state index in [2.05, 4.69) is 55.5 Å². The lowest BCUT2D eigenvalue weighted by molar-refractivity contribution is -0.118. The summed E-state index contributed by atoms with van der Waals surface area (Å²) in [5, 5.41) is 0. The van der Waals surface area contributed by atoms with Gasteiger partial charge in [-0.15, -0.1) is 0 Å². The van der Waals surface area contributed by atoms with Crippen LogP contribution in [0, 0.1) is 0 Å². The molecule has 0 bridgehead atoms. The smallest absolute Gasteiger partial charge is 0.137 e. The minimum absolute atomic E-state index is 0.380. The first kappa shape index (κ1) is 24.4. The van der Waals surface area contributed by atoms with Crippen molar-refractivity contribution in [2.24, 2.45) is 0 Å². The number of carbonyl (C=O) groups is 1. The summed E-state index contributed by atoms with van der Waals surface area (Å²) in [6.45, 7) is 2.28. The van der Waals surface area contributed by atoms with E-state index in [0.717, 1.165) is 18.4 Å². The van der Waals surface area contributed by atoms with E-state index in [-0.39, 0.29) is 0 Å². The Morgan fingerprint density at radius 2 is 1.03 bits per heavy atom. The molecule has 0 aromatic heterocycles. The summed E-state index contributed by atoms with van der Waals surface area (Å²) in [7, 11) is 0. The number of hydrogen-bond donors (Lipinski definition) is 0. The summed E-state index contributed by atoms with van der Waals surface area (Å²) in [6.07, 6.45) is 18.8. The van der Waals surface area contributed by atoms with Gasteiger partial charge in [0.05, 0.1) is 0 Å². The summed E-state index contributed by atoms with van der Waals surface area (Å²) >= 11 is 0. The summed E-state index contributed by atoms with van der Waals surface area (Å²) in [6, 6.07) is 18.8. The van der Waals surface area contributed by atoms with Crippen LogP contribution in [0.5, 0.6) is 0 Å². The molecular formula is C29H42O. The average molecular weight is 407 g/mol. The average Bonchev–Trinajstić information content (AvgIpc) is 2.78. The molecule has 2 aromatic carbocycles. The molecule has 0 aliphatic rings. The molecule has 0 spiro atoms. The van der Waals surface area contributed by atoms with Crippen molar-refractivity contribution in [3.8, 4) is 11.1 Å². The van der Waals surface area contributed by atoms with Gasteiger partial charge in [-0.25, -0.2) is 0 Å². The fourth-order valence-corrected chi connectivity index (χ4v) is 4.10.